The molecule has 5 heteroatoms. The zero-order chi connectivity index (χ0) is 13.4. The van der Waals surface area contributed by atoms with Crippen molar-refractivity contribution in [1.29, 1.82) is 0 Å². The van der Waals surface area contributed by atoms with Gasteiger partial charge in [-0.3, -0.25) is 9.59 Å². The van der Waals surface area contributed by atoms with Crippen molar-refractivity contribution in [2.75, 3.05) is 4.90 Å². The van der Waals surface area contributed by atoms with Crippen LogP contribution in [0.3, 0.4) is 0 Å². The van der Waals surface area contributed by atoms with Gasteiger partial charge in [-0.05, 0) is 37.6 Å². The number of benzene rings is 1. The number of rotatable bonds is 2. The van der Waals surface area contributed by atoms with Gasteiger partial charge >= 0.3 is 5.97 Å². The van der Waals surface area contributed by atoms with Gasteiger partial charge in [0.05, 0.1) is 5.92 Å². The molecule has 1 aromatic carbocycles. The van der Waals surface area contributed by atoms with E-state index in [1.807, 2.05) is 25.1 Å². The van der Waals surface area contributed by atoms with Gasteiger partial charge in [0.25, 0.3) is 0 Å². The highest BCUT2D eigenvalue weighted by atomic mass is 79.9. The van der Waals surface area contributed by atoms with Crippen LogP contribution in [0.5, 0.6) is 0 Å². The van der Waals surface area contributed by atoms with Gasteiger partial charge in [0, 0.05) is 22.6 Å². The van der Waals surface area contributed by atoms with Crippen molar-refractivity contribution in [3.8, 4) is 0 Å². The first-order valence-electron chi connectivity index (χ1n) is 5.73. The summed E-state index contributed by atoms with van der Waals surface area (Å²) in [7, 11) is 0. The predicted molar refractivity (Wildman–Crippen MR) is 71.6 cm³/mol. The molecular weight excluding hydrogens is 298 g/mol. The van der Waals surface area contributed by atoms with Gasteiger partial charge in [-0.1, -0.05) is 15.9 Å². The number of hydrogen-bond donors (Lipinski definition) is 1. The summed E-state index contributed by atoms with van der Waals surface area (Å²) in [5.41, 5.74) is 1.75. The molecule has 2 rings (SSSR count). The van der Waals surface area contributed by atoms with E-state index in [-0.39, 0.29) is 18.4 Å². The molecule has 1 aliphatic heterocycles. The number of amides is 1. The van der Waals surface area contributed by atoms with E-state index in [9.17, 15) is 9.59 Å². The highest BCUT2D eigenvalue weighted by molar-refractivity contribution is 9.10. The van der Waals surface area contributed by atoms with E-state index < -0.39 is 11.9 Å². The SMILES string of the molecule is Cc1cc(Br)ccc1N1C(=O)CC(C(=O)O)C1C. The van der Waals surface area contributed by atoms with Crippen LogP contribution in [0.2, 0.25) is 0 Å². The van der Waals surface area contributed by atoms with Gasteiger partial charge in [-0.2, -0.15) is 0 Å². The summed E-state index contributed by atoms with van der Waals surface area (Å²) in [5, 5.41) is 9.09. The highest BCUT2D eigenvalue weighted by Gasteiger charge is 2.42. The van der Waals surface area contributed by atoms with Gasteiger partial charge in [-0.25, -0.2) is 0 Å². The number of carbonyl (C=O) groups excluding carboxylic acids is 1. The minimum absolute atomic E-state index is 0.0754. The van der Waals surface area contributed by atoms with Crippen LogP contribution in [0.15, 0.2) is 22.7 Å². The maximum Gasteiger partial charge on any atom is 0.309 e. The summed E-state index contributed by atoms with van der Waals surface area (Å²) in [5.74, 6) is -1.66. The summed E-state index contributed by atoms with van der Waals surface area (Å²) in [6.45, 7) is 3.69. The molecule has 2 atom stereocenters. The molecule has 1 aromatic rings. The molecule has 1 amide bonds. The number of carboxylic acids is 1. The Labute approximate surface area is 114 Å². The molecule has 0 aromatic heterocycles. The second-order valence-corrected chi connectivity index (χ2v) is 5.50. The summed E-state index contributed by atoms with van der Waals surface area (Å²) >= 11 is 3.37. The first kappa shape index (κ1) is 13.1. The van der Waals surface area contributed by atoms with E-state index in [1.54, 1.807) is 11.8 Å². The third-order valence-electron chi connectivity index (χ3n) is 3.39. The fraction of sp³-hybridized carbons (Fsp3) is 0.385. The third kappa shape index (κ3) is 2.14. The van der Waals surface area contributed by atoms with Crippen molar-refractivity contribution in [3.63, 3.8) is 0 Å². The number of aryl methyl sites for hydroxylation is 1. The maximum atomic E-state index is 12.0. The van der Waals surface area contributed by atoms with Crippen LogP contribution >= 0.6 is 15.9 Å². The first-order chi connectivity index (χ1) is 8.41. The molecule has 0 saturated carbocycles. The summed E-state index contributed by atoms with van der Waals surface area (Å²) < 4.78 is 0.942. The molecule has 0 aliphatic carbocycles. The summed E-state index contributed by atoms with van der Waals surface area (Å²) in [6, 6.07) is 5.31. The number of anilines is 1. The van der Waals surface area contributed by atoms with Crippen LogP contribution in [-0.2, 0) is 9.59 Å². The van der Waals surface area contributed by atoms with Crippen molar-refractivity contribution >= 4 is 33.5 Å². The van der Waals surface area contributed by atoms with Crippen LogP contribution in [0, 0.1) is 12.8 Å². The Morgan fingerprint density at radius 3 is 2.67 bits per heavy atom. The number of hydrogen-bond acceptors (Lipinski definition) is 2. The Balaban J connectivity index is 2.39. The van der Waals surface area contributed by atoms with E-state index in [2.05, 4.69) is 15.9 Å². The van der Waals surface area contributed by atoms with Crippen molar-refractivity contribution in [1.82, 2.24) is 0 Å². The molecule has 96 valence electrons. The second-order valence-electron chi connectivity index (χ2n) is 4.58. The molecule has 0 bridgehead atoms. The smallest absolute Gasteiger partial charge is 0.309 e. The van der Waals surface area contributed by atoms with Crippen LogP contribution in [0.25, 0.3) is 0 Å². The molecule has 1 aliphatic rings. The zero-order valence-electron chi connectivity index (χ0n) is 10.2. The Kier molecular flexibility index (Phi) is 3.43. The minimum Gasteiger partial charge on any atom is -0.481 e. The molecule has 0 spiro atoms. The van der Waals surface area contributed by atoms with Crippen LogP contribution in [0.1, 0.15) is 18.9 Å². The Hall–Kier alpha value is -1.36. The monoisotopic (exact) mass is 311 g/mol. The quantitative estimate of drug-likeness (QED) is 0.913. The van der Waals surface area contributed by atoms with Gasteiger partial charge < -0.3 is 10.0 Å². The predicted octanol–water partition coefficient (Wildman–Crippen LogP) is 2.58. The topological polar surface area (TPSA) is 57.6 Å². The summed E-state index contributed by atoms with van der Waals surface area (Å²) in [6.07, 6.45) is 0.0754. The van der Waals surface area contributed by atoms with E-state index in [0.29, 0.717) is 0 Å². The number of aliphatic carboxylic acids is 1. The second kappa shape index (κ2) is 4.72. The number of carbonyl (C=O) groups is 2. The lowest BCUT2D eigenvalue weighted by molar-refractivity contribution is -0.142. The standard InChI is InChI=1S/C13H14BrNO3/c1-7-5-9(14)3-4-11(7)15-8(2)10(13(17)18)6-12(15)16/h3-5,8,10H,6H2,1-2H3,(H,17,18). The minimum atomic E-state index is -0.909. The maximum absolute atomic E-state index is 12.0. The van der Waals surface area contributed by atoms with Crippen LogP contribution in [0.4, 0.5) is 5.69 Å². The number of halogens is 1. The zero-order valence-corrected chi connectivity index (χ0v) is 11.8. The van der Waals surface area contributed by atoms with Crippen molar-refractivity contribution in [2.45, 2.75) is 26.3 Å². The molecule has 1 fully saturated rings. The molecule has 1 N–H and O–H groups in total. The molecular formula is C13H14BrNO3. The average Bonchev–Trinajstić information content (AvgIpc) is 2.56. The lowest BCUT2D eigenvalue weighted by Gasteiger charge is -2.25. The molecule has 0 radical (unpaired) electrons. The van der Waals surface area contributed by atoms with Crippen molar-refractivity contribution in [2.24, 2.45) is 5.92 Å². The normalized spacial score (nSPS) is 23.5. The highest BCUT2D eigenvalue weighted by Crippen LogP contribution is 2.33. The van der Waals surface area contributed by atoms with Crippen LogP contribution < -0.4 is 4.90 Å². The Morgan fingerprint density at radius 2 is 2.17 bits per heavy atom. The molecule has 4 nitrogen and oxygen atoms in total. The third-order valence-corrected chi connectivity index (χ3v) is 3.88. The van der Waals surface area contributed by atoms with Gasteiger partial charge in [-0.15, -0.1) is 0 Å². The molecule has 2 unspecified atom stereocenters. The molecule has 18 heavy (non-hydrogen) atoms. The lowest BCUT2D eigenvalue weighted by atomic mass is 10.0. The van der Waals surface area contributed by atoms with E-state index in [4.69, 9.17) is 5.11 Å². The fourth-order valence-corrected chi connectivity index (χ4v) is 2.88. The molecule has 1 heterocycles. The Morgan fingerprint density at radius 1 is 1.50 bits per heavy atom. The van der Waals surface area contributed by atoms with E-state index >= 15 is 0 Å². The van der Waals surface area contributed by atoms with Gasteiger partial charge in [0.2, 0.25) is 5.91 Å². The van der Waals surface area contributed by atoms with Gasteiger partial charge in [0.1, 0.15) is 0 Å². The Bertz CT molecular complexity index is 515. The fourth-order valence-electron chi connectivity index (χ4n) is 2.40. The number of carboxylic acid groups (broad SMARTS) is 1. The lowest BCUT2D eigenvalue weighted by Crippen LogP contribution is -2.35. The number of nitrogens with zero attached hydrogens (tertiary/aromatic N) is 1. The average molecular weight is 312 g/mol. The van der Waals surface area contributed by atoms with Crippen molar-refractivity contribution < 1.29 is 14.7 Å². The molecule has 1 saturated heterocycles. The van der Waals surface area contributed by atoms with E-state index in [0.717, 1.165) is 15.7 Å². The summed E-state index contributed by atoms with van der Waals surface area (Å²) in [4.78, 5) is 24.7. The first-order valence-corrected chi connectivity index (χ1v) is 6.52. The largest absolute Gasteiger partial charge is 0.481 e. The van der Waals surface area contributed by atoms with Crippen LogP contribution in [-0.4, -0.2) is 23.0 Å². The van der Waals surface area contributed by atoms with E-state index in [1.165, 1.54) is 0 Å². The van der Waals surface area contributed by atoms with Gasteiger partial charge in [0.15, 0.2) is 0 Å². The van der Waals surface area contributed by atoms with Crippen molar-refractivity contribution in [3.05, 3.63) is 28.2 Å².